The molecule has 0 aromatic heterocycles. The number of nitrogens with one attached hydrogen (secondary N) is 1. The maximum absolute atomic E-state index is 13.0. The van der Waals surface area contributed by atoms with E-state index in [9.17, 15) is 17.6 Å². The monoisotopic (exact) mass is 336 g/mol. The van der Waals surface area contributed by atoms with Gasteiger partial charge in [-0.1, -0.05) is 6.07 Å². The Labute approximate surface area is 132 Å². The zero-order valence-electron chi connectivity index (χ0n) is 12.8. The van der Waals surface area contributed by atoms with Gasteiger partial charge in [0.05, 0.1) is 13.8 Å². The third-order valence-electron chi connectivity index (χ3n) is 3.77. The lowest BCUT2D eigenvalue weighted by atomic mass is 10.00. The molecule has 0 radical (unpaired) electrons. The minimum atomic E-state index is -4.76. The molecule has 0 amide bonds. The lowest BCUT2D eigenvalue weighted by Gasteiger charge is -2.35. The Hall–Kier alpha value is -1.54. The molecule has 130 valence electrons. The molecule has 1 aliphatic rings. The second-order valence-electron chi connectivity index (χ2n) is 5.23. The number of hydrogen-bond donors (Lipinski definition) is 1. The number of rotatable bonds is 6. The molecular formula is C15H20F4N2O2. The molecule has 1 atom stereocenters. The largest absolute Gasteiger partial charge is 0.573 e. The number of hydrogen-bond acceptors (Lipinski definition) is 4. The van der Waals surface area contributed by atoms with Gasteiger partial charge in [0, 0.05) is 43.9 Å². The first-order valence-electron chi connectivity index (χ1n) is 7.39. The van der Waals surface area contributed by atoms with E-state index in [4.69, 9.17) is 4.74 Å². The van der Waals surface area contributed by atoms with E-state index in [1.807, 2.05) is 0 Å². The van der Waals surface area contributed by atoms with Gasteiger partial charge in [-0.3, -0.25) is 9.29 Å². The van der Waals surface area contributed by atoms with Crippen LogP contribution in [0.3, 0.4) is 0 Å². The third-order valence-corrected chi connectivity index (χ3v) is 3.77. The highest BCUT2D eigenvalue weighted by Crippen LogP contribution is 2.36. The van der Waals surface area contributed by atoms with Gasteiger partial charge in [0.1, 0.15) is 11.5 Å². The van der Waals surface area contributed by atoms with Gasteiger partial charge in [0.15, 0.2) is 0 Å². The average Bonchev–Trinajstić information content (AvgIpc) is 2.52. The molecule has 23 heavy (non-hydrogen) atoms. The Morgan fingerprint density at radius 1 is 1.26 bits per heavy atom. The van der Waals surface area contributed by atoms with Crippen LogP contribution in [0.2, 0.25) is 0 Å². The number of piperazine rings is 1. The van der Waals surface area contributed by atoms with E-state index >= 15 is 0 Å². The Kier molecular flexibility index (Phi) is 6.06. The van der Waals surface area contributed by atoms with Gasteiger partial charge in [-0.05, 0) is 12.5 Å². The topological polar surface area (TPSA) is 33.7 Å². The molecule has 0 unspecified atom stereocenters. The molecule has 1 heterocycles. The molecule has 8 heteroatoms. The zero-order valence-corrected chi connectivity index (χ0v) is 12.8. The summed E-state index contributed by atoms with van der Waals surface area (Å²) in [5.74, 6) is -0.0823. The highest BCUT2D eigenvalue weighted by atomic mass is 19.4. The second-order valence-corrected chi connectivity index (χ2v) is 5.23. The molecule has 1 aromatic rings. The third kappa shape index (κ3) is 4.97. The zero-order chi connectivity index (χ0) is 16.9. The van der Waals surface area contributed by atoms with Crippen LogP contribution in [0.1, 0.15) is 18.0 Å². The van der Waals surface area contributed by atoms with Crippen LogP contribution in [0.15, 0.2) is 18.2 Å². The standard InChI is InChI=1S/C15H20F4N2O2/c1-22-14-10-11(23-15(17,18)19)2-3-12(14)13(4-5-16)21-8-6-20-7-9-21/h2-3,10,13,20H,4-9H2,1H3/t13-/m1/s1. The summed E-state index contributed by atoms with van der Waals surface area (Å²) in [5, 5.41) is 3.21. The first-order valence-corrected chi connectivity index (χ1v) is 7.39. The van der Waals surface area contributed by atoms with E-state index in [1.54, 1.807) is 0 Å². The summed E-state index contributed by atoms with van der Waals surface area (Å²) in [6.45, 7) is 2.56. The molecule has 1 fully saturated rings. The summed E-state index contributed by atoms with van der Waals surface area (Å²) in [5.41, 5.74) is 0.668. The van der Waals surface area contributed by atoms with Gasteiger partial charge < -0.3 is 14.8 Å². The minimum absolute atomic E-state index is 0.239. The van der Waals surface area contributed by atoms with Crippen LogP contribution in [0.25, 0.3) is 0 Å². The molecule has 0 saturated carbocycles. The fourth-order valence-electron chi connectivity index (χ4n) is 2.80. The van der Waals surface area contributed by atoms with Crippen molar-refractivity contribution in [2.45, 2.75) is 18.8 Å². The van der Waals surface area contributed by atoms with E-state index in [2.05, 4.69) is 15.0 Å². The molecule has 1 aliphatic heterocycles. The van der Waals surface area contributed by atoms with Crippen LogP contribution in [0.5, 0.6) is 11.5 Å². The van der Waals surface area contributed by atoms with E-state index in [0.717, 1.165) is 26.2 Å². The average molecular weight is 336 g/mol. The quantitative estimate of drug-likeness (QED) is 0.810. The number of nitrogens with zero attached hydrogens (tertiary/aromatic N) is 1. The van der Waals surface area contributed by atoms with E-state index in [1.165, 1.54) is 25.3 Å². The number of ether oxygens (including phenoxy) is 2. The van der Waals surface area contributed by atoms with Crippen LogP contribution in [0, 0.1) is 0 Å². The lowest BCUT2D eigenvalue weighted by Crippen LogP contribution is -2.45. The second kappa shape index (κ2) is 7.83. The Morgan fingerprint density at radius 3 is 2.52 bits per heavy atom. The number of alkyl halides is 4. The van der Waals surface area contributed by atoms with E-state index < -0.39 is 13.0 Å². The molecule has 4 nitrogen and oxygen atoms in total. The molecule has 0 spiro atoms. The molecule has 1 aromatic carbocycles. The van der Waals surface area contributed by atoms with Gasteiger partial charge in [0.2, 0.25) is 0 Å². The van der Waals surface area contributed by atoms with Gasteiger partial charge >= 0.3 is 6.36 Å². The van der Waals surface area contributed by atoms with Crippen LogP contribution in [-0.4, -0.2) is 51.2 Å². The summed E-state index contributed by atoms with van der Waals surface area (Å²) < 4.78 is 59.0. The summed E-state index contributed by atoms with van der Waals surface area (Å²) in [4.78, 5) is 2.11. The molecular weight excluding hydrogens is 316 g/mol. The predicted octanol–water partition coefficient (Wildman–Crippen LogP) is 2.90. The van der Waals surface area contributed by atoms with E-state index in [-0.39, 0.29) is 24.0 Å². The molecule has 2 rings (SSSR count). The first kappa shape index (κ1) is 17.8. The fourth-order valence-corrected chi connectivity index (χ4v) is 2.80. The normalized spacial score (nSPS) is 17.8. The fraction of sp³-hybridized carbons (Fsp3) is 0.600. The van der Waals surface area contributed by atoms with Crippen molar-refractivity contribution < 1.29 is 27.0 Å². The lowest BCUT2D eigenvalue weighted by molar-refractivity contribution is -0.274. The van der Waals surface area contributed by atoms with Crippen molar-refractivity contribution in [3.63, 3.8) is 0 Å². The Balaban J connectivity index is 2.26. The van der Waals surface area contributed by atoms with Crippen molar-refractivity contribution in [3.8, 4) is 11.5 Å². The van der Waals surface area contributed by atoms with Crippen molar-refractivity contribution in [2.75, 3.05) is 40.0 Å². The van der Waals surface area contributed by atoms with Crippen molar-refractivity contribution >= 4 is 0 Å². The molecule has 0 bridgehead atoms. The molecule has 1 saturated heterocycles. The molecule has 0 aliphatic carbocycles. The first-order chi connectivity index (χ1) is 10.9. The number of halogens is 4. The SMILES string of the molecule is COc1cc(OC(F)(F)F)ccc1[C@@H](CCF)N1CCNCC1. The van der Waals surface area contributed by atoms with E-state index in [0.29, 0.717) is 5.56 Å². The van der Waals surface area contributed by atoms with Gasteiger partial charge in [0.25, 0.3) is 0 Å². The van der Waals surface area contributed by atoms with Gasteiger partial charge in [-0.25, -0.2) is 0 Å². The van der Waals surface area contributed by atoms with Crippen LogP contribution >= 0.6 is 0 Å². The van der Waals surface area contributed by atoms with Crippen molar-refractivity contribution in [1.29, 1.82) is 0 Å². The van der Waals surface area contributed by atoms with Crippen molar-refractivity contribution in [1.82, 2.24) is 10.2 Å². The maximum Gasteiger partial charge on any atom is 0.573 e. The summed E-state index contributed by atoms with van der Waals surface area (Å²) >= 11 is 0. The van der Waals surface area contributed by atoms with Gasteiger partial charge in [-0.2, -0.15) is 0 Å². The minimum Gasteiger partial charge on any atom is -0.496 e. The van der Waals surface area contributed by atoms with Crippen LogP contribution < -0.4 is 14.8 Å². The predicted molar refractivity (Wildman–Crippen MR) is 77.5 cm³/mol. The van der Waals surface area contributed by atoms with Crippen molar-refractivity contribution in [2.24, 2.45) is 0 Å². The van der Waals surface area contributed by atoms with Gasteiger partial charge in [-0.15, -0.1) is 13.2 Å². The maximum atomic E-state index is 13.0. The number of benzene rings is 1. The molecule has 1 N–H and O–H groups in total. The van der Waals surface area contributed by atoms with Crippen LogP contribution in [-0.2, 0) is 0 Å². The van der Waals surface area contributed by atoms with Crippen molar-refractivity contribution in [3.05, 3.63) is 23.8 Å². The Morgan fingerprint density at radius 2 is 1.96 bits per heavy atom. The number of methoxy groups -OCH3 is 1. The summed E-state index contributed by atoms with van der Waals surface area (Å²) in [6.07, 6.45) is -4.50. The highest BCUT2D eigenvalue weighted by Gasteiger charge is 2.32. The Bertz CT molecular complexity index is 505. The summed E-state index contributed by atoms with van der Waals surface area (Å²) in [6, 6.07) is 3.70. The summed E-state index contributed by atoms with van der Waals surface area (Å²) in [7, 11) is 1.38. The smallest absolute Gasteiger partial charge is 0.496 e. The van der Waals surface area contributed by atoms with Crippen LogP contribution in [0.4, 0.5) is 17.6 Å². The highest BCUT2D eigenvalue weighted by molar-refractivity contribution is 5.42.